The second kappa shape index (κ2) is 10.6. The van der Waals surface area contributed by atoms with Crippen LogP contribution < -0.4 is 15.8 Å². The van der Waals surface area contributed by atoms with E-state index in [1.54, 1.807) is 24.8 Å². The standard InChI is InChI=1S/C27H27F2N5O2/c1-4-9-34(3)10-11-36-25-24(31-15-32-26(25)30)21-13-19(28)14-23(16(21)2)33-27(35)20-8-7-18(12-22(20)29)17-5-6-17/h7-8,12-15,17H,5-6,10-11H2,1-3H3,(H,33,35)(H2,30,31,32). The minimum Gasteiger partial charge on any atom is -0.486 e. The van der Waals surface area contributed by atoms with Crippen molar-refractivity contribution in [2.24, 2.45) is 0 Å². The van der Waals surface area contributed by atoms with Crippen LogP contribution in [0.4, 0.5) is 20.3 Å². The van der Waals surface area contributed by atoms with E-state index in [1.165, 1.54) is 30.6 Å². The van der Waals surface area contributed by atoms with Crippen molar-refractivity contribution in [2.45, 2.75) is 32.6 Å². The first-order chi connectivity index (χ1) is 17.3. The second-order valence-electron chi connectivity index (χ2n) is 8.66. The van der Waals surface area contributed by atoms with E-state index >= 15 is 0 Å². The highest BCUT2D eigenvalue weighted by molar-refractivity contribution is 6.05. The first-order valence-electron chi connectivity index (χ1n) is 11.6. The molecule has 36 heavy (non-hydrogen) atoms. The van der Waals surface area contributed by atoms with Crippen LogP contribution in [0.15, 0.2) is 36.7 Å². The Morgan fingerprint density at radius 3 is 2.72 bits per heavy atom. The number of likely N-dealkylation sites (N-methyl/N-ethyl adjacent to an activating group) is 1. The van der Waals surface area contributed by atoms with Crippen LogP contribution >= 0.6 is 0 Å². The number of aromatic nitrogens is 2. The molecule has 0 unspecified atom stereocenters. The number of anilines is 2. The first kappa shape index (κ1) is 24.9. The summed E-state index contributed by atoms with van der Waals surface area (Å²) in [7, 11) is 1.82. The van der Waals surface area contributed by atoms with Gasteiger partial charge < -0.3 is 20.7 Å². The molecule has 0 aliphatic heterocycles. The molecule has 0 saturated heterocycles. The Morgan fingerprint density at radius 1 is 1.25 bits per heavy atom. The molecule has 3 N–H and O–H groups in total. The molecule has 1 heterocycles. The monoisotopic (exact) mass is 491 g/mol. The number of rotatable bonds is 8. The van der Waals surface area contributed by atoms with Crippen molar-refractivity contribution in [1.82, 2.24) is 14.9 Å². The highest BCUT2D eigenvalue weighted by Gasteiger charge is 2.25. The third-order valence-corrected chi connectivity index (χ3v) is 5.97. The lowest BCUT2D eigenvalue weighted by molar-refractivity contribution is 0.102. The van der Waals surface area contributed by atoms with Gasteiger partial charge in [0.05, 0.1) is 12.1 Å². The van der Waals surface area contributed by atoms with Gasteiger partial charge in [0.25, 0.3) is 5.91 Å². The second-order valence-corrected chi connectivity index (χ2v) is 8.66. The van der Waals surface area contributed by atoms with E-state index in [-0.39, 0.29) is 35.1 Å². The molecule has 7 nitrogen and oxygen atoms in total. The lowest BCUT2D eigenvalue weighted by atomic mass is 10.0. The molecule has 3 aromatic rings. The molecule has 0 spiro atoms. The number of ether oxygens (including phenoxy) is 1. The Morgan fingerprint density at radius 2 is 2.03 bits per heavy atom. The third kappa shape index (κ3) is 5.54. The van der Waals surface area contributed by atoms with E-state index in [2.05, 4.69) is 27.2 Å². The SMILES string of the molecule is CC#CN(C)CCOc1c(N)ncnc1-c1cc(F)cc(NC(=O)c2ccc(C3CC3)cc2F)c1C. The predicted octanol–water partition coefficient (Wildman–Crippen LogP) is 4.73. The third-order valence-electron chi connectivity index (χ3n) is 5.97. The molecule has 1 amide bonds. The van der Waals surface area contributed by atoms with Crippen molar-refractivity contribution < 1.29 is 18.3 Å². The minimum atomic E-state index is -0.673. The van der Waals surface area contributed by atoms with E-state index in [4.69, 9.17) is 10.5 Å². The average molecular weight is 492 g/mol. The van der Waals surface area contributed by atoms with Gasteiger partial charge in [0.2, 0.25) is 0 Å². The summed E-state index contributed by atoms with van der Waals surface area (Å²) in [5, 5.41) is 2.63. The Balaban J connectivity index is 1.61. The molecule has 1 aromatic heterocycles. The number of amides is 1. The number of carbonyl (C=O) groups is 1. The molecular weight excluding hydrogens is 464 g/mol. The zero-order valence-corrected chi connectivity index (χ0v) is 20.4. The molecule has 0 bridgehead atoms. The summed E-state index contributed by atoms with van der Waals surface area (Å²) in [6, 6.07) is 9.96. The molecule has 1 aliphatic rings. The normalized spacial score (nSPS) is 12.5. The van der Waals surface area contributed by atoms with Crippen LogP contribution in [0.2, 0.25) is 0 Å². The van der Waals surface area contributed by atoms with Crippen LogP contribution in [0.5, 0.6) is 5.75 Å². The molecule has 1 aliphatic carbocycles. The molecule has 0 radical (unpaired) electrons. The van der Waals surface area contributed by atoms with Crippen molar-refractivity contribution in [1.29, 1.82) is 0 Å². The van der Waals surface area contributed by atoms with E-state index in [0.717, 1.165) is 18.4 Å². The van der Waals surface area contributed by atoms with Crippen molar-refractivity contribution in [3.63, 3.8) is 0 Å². The lowest BCUT2D eigenvalue weighted by Gasteiger charge is -2.17. The molecule has 2 aromatic carbocycles. The Bertz CT molecular complexity index is 1360. The highest BCUT2D eigenvalue weighted by Crippen LogP contribution is 2.40. The fourth-order valence-corrected chi connectivity index (χ4v) is 3.88. The molecule has 9 heteroatoms. The van der Waals surface area contributed by atoms with Gasteiger partial charge in [-0.25, -0.2) is 18.7 Å². The molecule has 1 saturated carbocycles. The van der Waals surface area contributed by atoms with Crippen LogP contribution in [0, 0.1) is 30.5 Å². The zero-order chi connectivity index (χ0) is 25.8. The van der Waals surface area contributed by atoms with Crippen molar-refractivity contribution in [3.05, 3.63) is 65.0 Å². The predicted molar refractivity (Wildman–Crippen MR) is 134 cm³/mol. The Labute approximate surface area is 208 Å². The van der Waals surface area contributed by atoms with Gasteiger partial charge in [0, 0.05) is 24.3 Å². The number of hydrogen-bond acceptors (Lipinski definition) is 6. The largest absolute Gasteiger partial charge is 0.486 e. The Hall–Kier alpha value is -4.19. The first-order valence-corrected chi connectivity index (χ1v) is 11.6. The summed E-state index contributed by atoms with van der Waals surface area (Å²) in [5.74, 6) is 1.56. The number of carbonyl (C=O) groups excluding carboxylic acids is 1. The van der Waals surface area contributed by atoms with E-state index < -0.39 is 17.5 Å². The quantitative estimate of drug-likeness (QED) is 0.350. The van der Waals surface area contributed by atoms with Gasteiger partial charge >= 0.3 is 0 Å². The van der Waals surface area contributed by atoms with Crippen molar-refractivity contribution in [3.8, 4) is 29.0 Å². The van der Waals surface area contributed by atoms with Gasteiger partial charge in [-0.05, 0) is 68.0 Å². The minimum absolute atomic E-state index is 0.0938. The van der Waals surface area contributed by atoms with Gasteiger partial charge in [0.1, 0.15) is 30.3 Å². The number of nitrogens with one attached hydrogen (secondary N) is 1. The average Bonchev–Trinajstić information content (AvgIpc) is 3.68. The van der Waals surface area contributed by atoms with Gasteiger partial charge in [-0.2, -0.15) is 0 Å². The molecule has 186 valence electrons. The number of nitrogens with two attached hydrogens (primary N) is 1. The van der Waals surface area contributed by atoms with Gasteiger partial charge in [0.15, 0.2) is 11.6 Å². The number of halogens is 2. The van der Waals surface area contributed by atoms with Gasteiger partial charge in [-0.1, -0.05) is 12.0 Å². The summed E-state index contributed by atoms with van der Waals surface area (Å²) in [5.41, 5.74) is 8.15. The molecule has 1 fully saturated rings. The lowest BCUT2D eigenvalue weighted by Crippen LogP contribution is -2.20. The summed E-state index contributed by atoms with van der Waals surface area (Å²) < 4.78 is 35.2. The van der Waals surface area contributed by atoms with E-state index in [0.29, 0.717) is 23.6 Å². The van der Waals surface area contributed by atoms with Crippen LogP contribution in [-0.4, -0.2) is 41.0 Å². The summed E-state index contributed by atoms with van der Waals surface area (Å²) >= 11 is 0. The topological polar surface area (TPSA) is 93.4 Å². The van der Waals surface area contributed by atoms with Crippen LogP contribution in [-0.2, 0) is 0 Å². The van der Waals surface area contributed by atoms with Crippen molar-refractivity contribution >= 4 is 17.4 Å². The van der Waals surface area contributed by atoms with Crippen LogP contribution in [0.1, 0.15) is 47.2 Å². The van der Waals surface area contributed by atoms with Gasteiger partial charge in [-0.3, -0.25) is 4.79 Å². The van der Waals surface area contributed by atoms with Crippen molar-refractivity contribution in [2.75, 3.05) is 31.2 Å². The van der Waals surface area contributed by atoms with E-state index in [9.17, 15) is 13.6 Å². The zero-order valence-electron chi connectivity index (χ0n) is 20.4. The summed E-state index contributed by atoms with van der Waals surface area (Å²) in [6.45, 7) is 4.16. The fourth-order valence-electron chi connectivity index (χ4n) is 3.88. The maximum absolute atomic E-state index is 14.7. The summed E-state index contributed by atoms with van der Waals surface area (Å²) in [6.07, 6.45) is 3.31. The van der Waals surface area contributed by atoms with Gasteiger partial charge in [-0.15, -0.1) is 0 Å². The van der Waals surface area contributed by atoms with Crippen LogP contribution in [0.3, 0.4) is 0 Å². The number of benzene rings is 2. The van der Waals surface area contributed by atoms with E-state index in [1.807, 2.05) is 7.05 Å². The maximum atomic E-state index is 14.7. The molecule has 0 atom stereocenters. The molecule has 4 rings (SSSR count). The van der Waals surface area contributed by atoms with Crippen LogP contribution in [0.25, 0.3) is 11.3 Å². The summed E-state index contributed by atoms with van der Waals surface area (Å²) in [4.78, 5) is 22.9. The number of hydrogen-bond donors (Lipinski definition) is 2. The highest BCUT2D eigenvalue weighted by atomic mass is 19.1. The fraction of sp³-hybridized carbons (Fsp3) is 0.296. The number of nitrogens with zero attached hydrogens (tertiary/aromatic N) is 3. The smallest absolute Gasteiger partial charge is 0.258 e. The number of nitrogen functional groups attached to an aromatic ring is 1. The maximum Gasteiger partial charge on any atom is 0.258 e. The Kier molecular flexibility index (Phi) is 7.34. The molecular formula is C27H27F2N5O2.